The van der Waals surface area contributed by atoms with E-state index < -0.39 is 71.7 Å². The van der Waals surface area contributed by atoms with Gasteiger partial charge in [0.25, 0.3) is 11.7 Å². The van der Waals surface area contributed by atoms with Gasteiger partial charge in [-0.15, -0.1) is 5.10 Å². The number of likely N-dealkylation sites (tertiary alicyclic amines) is 1. The van der Waals surface area contributed by atoms with Gasteiger partial charge in [-0.3, -0.25) is 19.2 Å². The number of tetrazole rings is 1. The Hall–Kier alpha value is -4.26. The van der Waals surface area contributed by atoms with Crippen molar-refractivity contribution in [3.8, 4) is 0 Å². The van der Waals surface area contributed by atoms with E-state index >= 15 is 0 Å². The first-order chi connectivity index (χ1) is 32.7. The van der Waals surface area contributed by atoms with Crippen molar-refractivity contribution in [1.82, 2.24) is 25.1 Å². The summed E-state index contributed by atoms with van der Waals surface area (Å²) in [4.78, 5) is 66.4. The van der Waals surface area contributed by atoms with E-state index in [-0.39, 0.29) is 42.6 Å². The third-order valence-corrected chi connectivity index (χ3v) is 14.8. The van der Waals surface area contributed by atoms with Crippen LogP contribution in [0.25, 0.3) is 0 Å². The van der Waals surface area contributed by atoms with Gasteiger partial charge in [-0.1, -0.05) is 71.1 Å². The molecule has 0 radical (unpaired) electrons. The zero-order valence-electron chi connectivity index (χ0n) is 42.7. The van der Waals surface area contributed by atoms with Crippen molar-refractivity contribution >= 4 is 29.2 Å². The first kappa shape index (κ1) is 57.3. The van der Waals surface area contributed by atoms with E-state index in [0.29, 0.717) is 62.4 Å². The number of rotatable bonds is 26. The Kier molecular flexibility index (Phi) is 22.7. The van der Waals surface area contributed by atoms with E-state index in [1.165, 1.54) is 7.11 Å². The van der Waals surface area contributed by atoms with Crippen LogP contribution in [0.4, 0.5) is 0 Å². The van der Waals surface area contributed by atoms with E-state index in [1.54, 1.807) is 45.2 Å². The SMILES string of the molecule is COC(C(=O)C(C)C[C@H](C)/C=C/C=C/C=C(\C)[C@H](C[C@@H]1CCC(C)C(O)(C(=O)C(=O)N2CCCCC2C(=O)O)O1)OC)[C@H](O)/C(C)=C/[C@@H](C)C(=O)CC[C@H](C)C[C@@H]1CC[C@H](n2cnnn2)[C@H](OC)C1. The molecule has 1 aliphatic carbocycles. The number of aliphatic hydroxyl groups is 2. The number of carbonyl (C=O) groups is 5. The number of amides is 1. The highest BCUT2D eigenvalue weighted by Crippen LogP contribution is 2.38. The number of Topliss-reactive ketones (excluding diaryl/α,β-unsaturated/α-hetero) is 3. The van der Waals surface area contributed by atoms with E-state index in [1.807, 2.05) is 58.1 Å². The molecule has 3 heterocycles. The Labute approximate surface area is 409 Å². The molecular weight excluding hydrogens is 887 g/mol. The Bertz CT molecular complexity index is 1970. The zero-order valence-corrected chi connectivity index (χ0v) is 42.7. The normalized spacial score (nSPS) is 28.2. The molecule has 1 aromatic heterocycles. The third kappa shape index (κ3) is 15.9. The maximum atomic E-state index is 13.6. The van der Waals surface area contributed by atoms with Crippen LogP contribution >= 0.6 is 0 Å². The van der Waals surface area contributed by atoms with Crippen molar-refractivity contribution < 1.29 is 58.2 Å². The average molecular weight is 968 g/mol. The van der Waals surface area contributed by atoms with Crippen molar-refractivity contribution in [3.05, 3.63) is 53.9 Å². The molecule has 3 aliphatic rings. The summed E-state index contributed by atoms with van der Waals surface area (Å²) in [6.07, 6.45) is 18.0. The maximum Gasteiger partial charge on any atom is 0.326 e. The molecule has 386 valence electrons. The number of ketones is 3. The summed E-state index contributed by atoms with van der Waals surface area (Å²) in [5, 5.41) is 44.0. The van der Waals surface area contributed by atoms with Crippen LogP contribution in [0.3, 0.4) is 0 Å². The second kappa shape index (κ2) is 27.4. The molecule has 2 aliphatic heterocycles. The number of carbonyl (C=O) groups excluding carboxylic acids is 4. The first-order valence-corrected chi connectivity index (χ1v) is 25.0. The predicted molar refractivity (Wildman–Crippen MR) is 258 cm³/mol. The lowest BCUT2D eigenvalue weighted by Gasteiger charge is -2.42. The van der Waals surface area contributed by atoms with Gasteiger partial charge in [0.05, 0.1) is 24.4 Å². The molecule has 17 nitrogen and oxygen atoms in total. The van der Waals surface area contributed by atoms with Crippen LogP contribution in [0.15, 0.2) is 53.9 Å². The van der Waals surface area contributed by atoms with Gasteiger partial charge in [-0.2, -0.15) is 0 Å². The smallest absolute Gasteiger partial charge is 0.326 e. The van der Waals surface area contributed by atoms with Crippen molar-refractivity contribution in [2.75, 3.05) is 27.9 Å². The average Bonchev–Trinajstić information content (AvgIpc) is 3.88. The van der Waals surface area contributed by atoms with Gasteiger partial charge in [0, 0.05) is 58.5 Å². The van der Waals surface area contributed by atoms with Gasteiger partial charge in [0.2, 0.25) is 5.79 Å². The molecule has 1 saturated carbocycles. The second-order valence-corrected chi connectivity index (χ2v) is 20.2. The molecule has 0 bridgehead atoms. The number of methoxy groups -OCH3 is 3. The molecular formula is C52H81N5O12. The molecule has 2 saturated heterocycles. The number of aliphatic hydroxyl groups excluding tert-OH is 1. The van der Waals surface area contributed by atoms with E-state index in [0.717, 1.165) is 42.6 Å². The van der Waals surface area contributed by atoms with Crippen LogP contribution in [0.1, 0.15) is 138 Å². The Morgan fingerprint density at radius 1 is 0.928 bits per heavy atom. The van der Waals surface area contributed by atoms with Crippen molar-refractivity contribution in [2.45, 2.75) is 180 Å². The summed E-state index contributed by atoms with van der Waals surface area (Å²) >= 11 is 0. The first-order valence-electron chi connectivity index (χ1n) is 25.0. The number of carboxylic acids is 1. The number of carboxylic acid groups (broad SMARTS) is 1. The number of aliphatic carboxylic acids is 1. The summed E-state index contributed by atoms with van der Waals surface area (Å²) in [6.45, 7) is 13.3. The summed E-state index contributed by atoms with van der Waals surface area (Å²) in [5.41, 5.74) is 1.39. The fraction of sp³-hybridized carbons (Fsp3) is 0.731. The number of nitrogens with zero attached hydrogens (tertiary/aromatic N) is 5. The lowest BCUT2D eigenvalue weighted by atomic mass is 9.78. The fourth-order valence-electron chi connectivity index (χ4n) is 10.4. The van der Waals surface area contributed by atoms with Gasteiger partial charge in [0.15, 0.2) is 5.78 Å². The van der Waals surface area contributed by atoms with Gasteiger partial charge in [0.1, 0.15) is 30.4 Å². The Morgan fingerprint density at radius 3 is 2.32 bits per heavy atom. The van der Waals surface area contributed by atoms with Crippen LogP contribution in [-0.4, -0.2) is 140 Å². The highest BCUT2D eigenvalue weighted by atomic mass is 16.6. The highest BCUT2D eigenvalue weighted by molar-refractivity contribution is 6.39. The molecule has 3 fully saturated rings. The lowest BCUT2D eigenvalue weighted by molar-refractivity contribution is -0.265. The zero-order chi connectivity index (χ0) is 51.0. The number of hydrogen-bond donors (Lipinski definition) is 3. The minimum atomic E-state index is -2.38. The highest BCUT2D eigenvalue weighted by Gasteiger charge is 2.53. The number of ether oxygens (including phenoxy) is 4. The van der Waals surface area contributed by atoms with Crippen molar-refractivity contribution in [3.63, 3.8) is 0 Å². The van der Waals surface area contributed by atoms with Gasteiger partial charge < -0.3 is 39.2 Å². The molecule has 4 rings (SSSR count). The fourth-order valence-corrected chi connectivity index (χ4v) is 10.4. The molecule has 14 atom stereocenters. The largest absolute Gasteiger partial charge is 0.480 e. The van der Waals surface area contributed by atoms with Crippen LogP contribution in [0, 0.1) is 35.5 Å². The number of piperidine rings is 1. The molecule has 0 aromatic carbocycles. The molecule has 17 heteroatoms. The standard InChI is InChI=1S/C52H81N5O12/c1-32(16-12-11-13-17-34(3)44(66-8)30-40-22-20-38(7)52(65,69-40)49(61)50(62)56-25-15-14-18-42(56)51(63)64)26-36(5)46(59)48(68-10)47(60)37(6)28-35(4)43(58)24-19-33(2)27-39-21-23-41(45(29-39)67-9)57-31-53-54-55-57/h11-13,16-17,28,31-33,35-36,38-42,44-45,47-48,60,65H,14-15,18-27,29-30H2,1-10H3,(H,63,64)/b13-11+,16-12+,34-17+,37-28+/t32-,33+,35-,36?,38?,39+,40+,41+,42?,44+,45-,47-,48?,52?/m1/s1. The summed E-state index contributed by atoms with van der Waals surface area (Å²) in [6, 6.07) is -0.992. The maximum absolute atomic E-state index is 13.6. The monoisotopic (exact) mass is 968 g/mol. The van der Waals surface area contributed by atoms with Crippen molar-refractivity contribution in [1.29, 1.82) is 0 Å². The van der Waals surface area contributed by atoms with Crippen molar-refractivity contribution in [2.24, 2.45) is 35.5 Å². The van der Waals surface area contributed by atoms with Gasteiger partial charge >= 0.3 is 5.97 Å². The Balaban J connectivity index is 1.22. The van der Waals surface area contributed by atoms with E-state index in [9.17, 15) is 39.3 Å². The van der Waals surface area contributed by atoms with Gasteiger partial charge in [-0.05, 0) is 124 Å². The number of allylic oxidation sites excluding steroid dienone is 6. The van der Waals surface area contributed by atoms with Crippen LogP contribution < -0.4 is 0 Å². The lowest BCUT2D eigenvalue weighted by Crippen LogP contribution is -2.60. The Morgan fingerprint density at radius 2 is 1.67 bits per heavy atom. The molecule has 0 spiro atoms. The molecule has 1 aromatic rings. The second-order valence-electron chi connectivity index (χ2n) is 20.2. The number of aromatic nitrogens is 4. The minimum Gasteiger partial charge on any atom is -0.480 e. The van der Waals surface area contributed by atoms with Crippen LogP contribution in [0.5, 0.6) is 0 Å². The van der Waals surface area contributed by atoms with Crippen LogP contribution in [0.2, 0.25) is 0 Å². The van der Waals surface area contributed by atoms with E-state index in [4.69, 9.17) is 18.9 Å². The predicted octanol–water partition coefficient (Wildman–Crippen LogP) is 6.60. The van der Waals surface area contributed by atoms with E-state index in [2.05, 4.69) is 22.4 Å². The van der Waals surface area contributed by atoms with Crippen LogP contribution in [-0.2, 0) is 42.9 Å². The molecule has 69 heavy (non-hydrogen) atoms. The molecule has 1 amide bonds. The number of hydrogen-bond acceptors (Lipinski definition) is 14. The summed E-state index contributed by atoms with van der Waals surface area (Å²) in [7, 11) is 4.71. The molecule has 3 N–H and O–H groups in total. The topological polar surface area (TPSA) is 230 Å². The van der Waals surface area contributed by atoms with Gasteiger partial charge in [-0.25, -0.2) is 9.48 Å². The summed E-state index contributed by atoms with van der Waals surface area (Å²) in [5.74, 6) is -6.49. The minimum absolute atomic E-state index is 0.0226. The third-order valence-electron chi connectivity index (χ3n) is 14.8. The quantitative estimate of drug-likeness (QED) is 0.0505. The summed E-state index contributed by atoms with van der Waals surface area (Å²) < 4.78 is 24.9. The molecule has 5 unspecified atom stereocenters.